The van der Waals surface area contributed by atoms with Crippen molar-refractivity contribution in [2.45, 2.75) is 59.3 Å². The van der Waals surface area contributed by atoms with Crippen molar-refractivity contribution in [1.29, 1.82) is 0 Å². The average Bonchev–Trinajstić information content (AvgIpc) is 2.70. The van der Waals surface area contributed by atoms with Crippen molar-refractivity contribution in [3.63, 3.8) is 0 Å². The number of benzene rings is 3. The molecule has 27 heavy (non-hydrogen) atoms. The maximum absolute atomic E-state index is 2.37. The van der Waals surface area contributed by atoms with E-state index in [4.69, 9.17) is 0 Å². The van der Waals surface area contributed by atoms with Crippen LogP contribution in [0, 0.1) is 0 Å². The summed E-state index contributed by atoms with van der Waals surface area (Å²) in [5.74, 6) is 0. The van der Waals surface area contributed by atoms with Gasteiger partial charge in [-0.3, -0.25) is 0 Å². The normalized spacial score (nSPS) is 10.9. The first kappa shape index (κ1) is 19.4. The predicted molar refractivity (Wildman–Crippen MR) is 119 cm³/mol. The fraction of sp³-hybridized carbons (Fsp3) is 0.333. The number of hydrogen-bond donors (Lipinski definition) is 0. The van der Waals surface area contributed by atoms with Crippen LogP contribution in [-0.2, 0) is 19.3 Å². The summed E-state index contributed by atoms with van der Waals surface area (Å²) < 4.78 is 0. The largest absolute Gasteiger partial charge is 0.0651 e. The van der Waals surface area contributed by atoms with Crippen LogP contribution >= 0.6 is 0 Å². The van der Waals surface area contributed by atoms with E-state index in [0.29, 0.717) is 0 Å². The van der Waals surface area contributed by atoms with Gasteiger partial charge in [-0.25, -0.2) is 0 Å². The quantitative estimate of drug-likeness (QED) is 0.385. The van der Waals surface area contributed by atoms with Gasteiger partial charge in [0.1, 0.15) is 0 Å². The summed E-state index contributed by atoms with van der Waals surface area (Å²) in [6.45, 7) is 6.73. The molecule has 0 N–H and O–H groups in total. The molecule has 0 atom stereocenters. The molecule has 0 aromatic heterocycles. The maximum atomic E-state index is 2.37. The highest BCUT2D eigenvalue weighted by Gasteiger charge is 2.06. The van der Waals surface area contributed by atoms with Gasteiger partial charge in [0.15, 0.2) is 0 Å². The van der Waals surface area contributed by atoms with Gasteiger partial charge in [0.2, 0.25) is 0 Å². The minimum atomic E-state index is 1.13. The van der Waals surface area contributed by atoms with E-state index in [1.807, 2.05) is 0 Å². The summed E-state index contributed by atoms with van der Waals surface area (Å²) in [4.78, 5) is 0. The van der Waals surface area contributed by atoms with Gasteiger partial charge in [-0.15, -0.1) is 0 Å². The third-order valence-corrected chi connectivity index (χ3v) is 5.18. The van der Waals surface area contributed by atoms with Crippen LogP contribution in [-0.4, -0.2) is 0 Å². The van der Waals surface area contributed by atoms with Gasteiger partial charge >= 0.3 is 0 Å². The molecule has 0 saturated heterocycles. The average molecular weight is 357 g/mol. The van der Waals surface area contributed by atoms with Gasteiger partial charge in [-0.05, 0) is 64.3 Å². The van der Waals surface area contributed by atoms with E-state index in [0.717, 1.165) is 19.3 Å². The first-order chi connectivity index (χ1) is 13.2. The summed E-state index contributed by atoms with van der Waals surface area (Å²) >= 11 is 0. The fourth-order valence-corrected chi connectivity index (χ4v) is 3.76. The first-order valence-electron chi connectivity index (χ1n) is 10.6. The van der Waals surface area contributed by atoms with Crippen LogP contribution in [0.3, 0.4) is 0 Å². The SMILES string of the molecule is CCCc1ccc(-c2cc(CCC)cc(-c3ccc(CCC)cc3)c2)cc1. The molecule has 0 saturated carbocycles. The van der Waals surface area contributed by atoms with Gasteiger partial charge < -0.3 is 0 Å². The third kappa shape index (κ3) is 5.10. The molecule has 0 radical (unpaired) electrons. The number of aryl methyl sites for hydroxylation is 3. The molecule has 3 rings (SSSR count). The van der Waals surface area contributed by atoms with E-state index in [2.05, 4.69) is 87.5 Å². The molecule has 3 aromatic carbocycles. The number of hydrogen-bond acceptors (Lipinski definition) is 0. The van der Waals surface area contributed by atoms with Crippen LogP contribution < -0.4 is 0 Å². The van der Waals surface area contributed by atoms with Crippen molar-refractivity contribution in [3.05, 3.63) is 83.4 Å². The molecule has 140 valence electrons. The van der Waals surface area contributed by atoms with Gasteiger partial charge in [0, 0.05) is 0 Å². The Morgan fingerprint density at radius 3 is 1.15 bits per heavy atom. The smallest absolute Gasteiger partial charge is 0.0175 e. The molecule has 0 heteroatoms. The zero-order valence-corrected chi connectivity index (χ0v) is 17.1. The topological polar surface area (TPSA) is 0 Å². The maximum Gasteiger partial charge on any atom is -0.0175 e. The standard InChI is InChI=1S/C27H32/c1-4-7-21-10-14-24(15-11-21)26-18-23(9-6-3)19-27(20-26)25-16-12-22(8-5-2)13-17-25/h10-20H,4-9H2,1-3H3. The van der Waals surface area contributed by atoms with Crippen LogP contribution in [0.15, 0.2) is 66.7 Å². The Morgan fingerprint density at radius 2 is 0.778 bits per heavy atom. The van der Waals surface area contributed by atoms with Crippen molar-refractivity contribution < 1.29 is 0 Å². The van der Waals surface area contributed by atoms with Crippen LogP contribution in [0.4, 0.5) is 0 Å². The minimum Gasteiger partial charge on any atom is -0.0651 e. The highest BCUT2D eigenvalue weighted by Crippen LogP contribution is 2.29. The molecular weight excluding hydrogens is 324 g/mol. The van der Waals surface area contributed by atoms with E-state index >= 15 is 0 Å². The van der Waals surface area contributed by atoms with Crippen LogP contribution in [0.1, 0.15) is 56.7 Å². The second kappa shape index (κ2) is 9.55. The van der Waals surface area contributed by atoms with Crippen LogP contribution in [0.2, 0.25) is 0 Å². The van der Waals surface area contributed by atoms with E-state index in [1.165, 1.54) is 58.2 Å². The lowest BCUT2D eigenvalue weighted by Crippen LogP contribution is -1.90. The molecule has 0 amide bonds. The second-order valence-electron chi connectivity index (χ2n) is 7.56. The minimum absolute atomic E-state index is 1.13. The second-order valence-corrected chi connectivity index (χ2v) is 7.56. The van der Waals surface area contributed by atoms with Crippen molar-refractivity contribution in [3.8, 4) is 22.3 Å². The van der Waals surface area contributed by atoms with Crippen molar-refractivity contribution in [2.24, 2.45) is 0 Å². The molecule has 0 bridgehead atoms. The summed E-state index contributed by atoms with van der Waals surface area (Å²) in [7, 11) is 0. The molecule has 0 aliphatic carbocycles. The van der Waals surface area contributed by atoms with Crippen LogP contribution in [0.25, 0.3) is 22.3 Å². The van der Waals surface area contributed by atoms with E-state index in [-0.39, 0.29) is 0 Å². The Balaban J connectivity index is 1.96. The Bertz CT molecular complexity index is 770. The Morgan fingerprint density at radius 1 is 0.407 bits per heavy atom. The molecule has 3 aromatic rings. The van der Waals surface area contributed by atoms with Gasteiger partial charge in [-0.2, -0.15) is 0 Å². The molecule has 0 aliphatic rings. The first-order valence-corrected chi connectivity index (χ1v) is 10.6. The summed E-state index contributed by atoms with van der Waals surface area (Å²) in [6, 6.07) is 25.3. The molecule has 0 fully saturated rings. The summed E-state index contributed by atoms with van der Waals surface area (Å²) in [6.07, 6.45) is 7.01. The molecule has 0 unspecified atom stereocenters. The van der Waals surface area contributed by atoms with Gasteiger partial charge in [0.25, 0.3) is 0 Å². The van der Waals surface area contributed by atoms with Gasteiger partial charge in [-0.1, -0.05) is 101 Å². The Kier molecular flexibility index (Phi) is 6.87. The third-order valence-electron chi connectivity index (χ3n) is 5.18. The summed E-state index contributed by atoms with van der Waals surface area (Å²) in [5, 5.41) is 0. The Labute approximate surface area is 165 Å². The van der Waals surface area contributed by atoms with Gasteiger partial charge in [0.05, 0.1) is 0 Å². The molecule has 0 nitrogen and oxygen atoms in total. The van der Waals surface area contributed by atoms with E-state index < -0.39 is 0 Å². The monoisotopic (exact) mass is 356 g/mol. The molecule has 0 heterocycles. The summed E-state index contributed by atoms with van der Waals surface area (Å²) in [5.41, 5.74) is 9.58. The lowest BCUT2D eigenvalue weighted by Gasteiger charge is -2.11. The highest BCUT2D eigenvalue weighted by atomic mass is 14.1. The van der Waals surface area contributed by atoms with Crippen LogP contribution in [0.5, 0.6) is 0 Å². The fourth-order valence-electron chi connectivity index (χ4n) is 3.76. The highest BCUT2D eigenvalue weighted by molar-refractivity contribution is 5.74. The molecule has 0 spiro atoms. The zero-order chi connectivity index (χ0) is 19.1. The van der Waals surface area contributed by atoms with E-state index in [1.54, 1.807) is 0 Å². The van der Waals surface area contributed by atoms with Crippen molar-refractivity contribution in [2.75, 3.05) is 0 Å². The van der Waals surface area contributed by atoms with Crippen molar-refractivity contribution in [1.82, 2.24) is 0 Å². The lowest BCUT2D eigenvalue weighted by atomic mass is 9.93. The van der Waals surface area contributed by atoms with Crippen molar-refractivity contribution >= 4 is 0 Å². The number of rotatable bonds is 8. The van der Waals surface area contributed by atoms with E-state index in [9.17, 15) is 0 Å². The Hall–Kier alpha value is -2.34. The predicted octanol–water partition coefficient (Wildman–Crippen LogP) is 7.88. The molecule has 0 aliphatic heterocycles. The lowest BCUT2D eigenvalue weighted by molar-refractivity contribution is 0.921. The molecular formula is C27H32. The zero-order valence-electron chi connectivity index (χ0n) is 17.1.